The third-order valence-electron chi connectivity index (χ3n) is 2.64. The van der Waals surface area contributed by atoms with Gasteiger partial charge in [0.25, 0.3) is 0 Å². The SMILES string of the molecule is CCCN(CC)c1cccc(C(=O)O)c1[N+](=O)[O-]. The molecule has 18 heavy (non-hydrogen) atoms. The zero-order valence-electron chi connectivity index (χ0n) is 10.4. The second-order valence-electron chi connectivity index (χ2n) is 3.82. The highest BCUT2D eigenvalue weighted by Gasteiger charge is 2.26. The van der Waals surface area contributed by atoms with Crippen LogP contribution < -0.4 is 4.90 Å². The van der Waals surface area contributed by atoms with Crippen LogP contribution in [0.5, 0.6) is 0 Å². The Labute approximate surface area is 105 Å². The summed E-state index contributed by atoms with van der Waals surface area (Å²) in [4.78, 5) is 23.3. The van der Waals surface area contributed by atoms with E-state index < -0.39 is 10.9 Å². The quantitative estimate of drug-likeness (QED) is 0.621. The molecule has 0 fully saturated rings. The second-order valence-corrected chi connectivity index (χ2v) is 3.82. The van der Waals surface area contributed by atoms with Crippen molar-refractivity contribution in [2.24, 2.45) is 0 Å². The van der Waals surface area contributed by atoms with Crippen LogP contribution in [0.4, 0.5) is 11.4 Å². The molecule has 0 aliphatic rings. The summed E-state index contributed by atoms with van der Waals surface area (Å²) >= 11 is 0. The average Bonchev–Trinajstić information content (AvgIpc) is 2.34. The van der Waals surface area contributed by atoms with Crippen molar-refractivity contribution in [3.63, 3.8) is 0 Å². The Hall–Kier alpha value is -2.11. The molecule has 0 aliphatic heterocycles. The maximum Gasteiger partial charge on any atom is 0.342 e. The highest BCUT2D eigenvalue weighted by molar-refractivity contribution is 5.95. The Morgan fingerprint density at radius 1 is 1.44 bits per heavy atom. The molecule has 6 nitrogen and oxygen atoms in total. The smallest absolute Gasteiger partial charge is 0.342 e. The van der Waals surface area contributed by atoms with Crippen molar-refractivity contribution in [2.75, 3.05) is 18.0 Å². The van der Waals surface area contributed by atoms with Gasteiger partial charge in [-0.05, 0) is 25.5 Å². The molecule has 0 atom stereocenters. The first-order valence-corrected chi connectivity index (χ1v) is 5.78. The molecule has 0 bridgehead atoms. The topological polar surface area (TPSA) is 83.7 Å². The lowest BCUT2D eigenvalue weighted by Gasteiger charge is -2.22. The summed E-state index contributed by atoms with van der Waals surface area (Å²) in [7, 11) is 0. The molecule has 0 saturated carbocycles. The van der Waals surface area contributed by atoms with Gasteiger partial charge in [-0.1, -0.05) is 13.0 Å². The van der Waals surface area contributed by atoms with Crippen LogP contribution >= 0.6 is 0 Å². The van der Waals surface area contributed by atoms with Gasteiger partial charge in [0.1, 0.15) is 11.3 Å². The van der Waals surface area contributed by atoms with E-state index in [9.17, 15) is 14.9 Å². The van der Waals surface area contributed by atoms with Crippen molar-refractivity contribution < 1.29 is 14.8 Å². The molecule has 1 rings (SSSR count). The molecule has 0 amide bonds. The zero-order chi connectivity index (χ0) is 13.7. The molecule has 1 aromatic rings. The van der Waals surface area contributed by atoms with E-state index in [0.717, 1.165) is 6.42 Å². The third-order valence-corrected chi connectivity index (χ3v) is 2.64. The Kier molecular flexibility index (Phi) is 4.65. The number of benzene rings is 1. The number of carboxylic acids is 1. The summed E-state index contributed by atoms with van der Waals surface area (Å²) in [5.74, 6) is -1.28. The van der Waals surface area contributed by atoms with Gasteiger partial charge in [0.15, 0.2) is 0 Å². The van der Waals surface area contributed by atoms with Crippen LogP contribution in [0.1, 0.15) is 30.6 Å². The van der Waals surface area contributed by atoms with Crippen LogP contribution in [0.25, 0.3) is 0 Å². The molecule has 0 aliphatic carbocycles. The number of nitrogens with zero attached hydrogens (tertiary/aromatic N) is 2. The highest BCUT2D eigenvalue weighted by Crippen LogP contribution is 2.31. The van der Waals surface area contributed by atoms with E-state index in [0.29, 0.717) is 18.8 Å². The average molecular weight is 252 g/mol. The van der Waals surface area contributed by atoms with Crippen LogP contribution in [-0.4, -0.2) is 29.1 Å². The Balaban J connectivity index is 3.38. The van der Waals surface area contributed by atoms with Gasteiger partial charge < -0.3 is 10.0 Å². The van der Waals surface area contributed by atoms with E-state index in [4.69, 9.17) is 5.11 Å². The fraction of sp³-hybridized carbons (Fsp3) is 0.417. The van der Waals surface area contributed by atoms with E-state index >= 15 is 0 Å². The number of nitro benzene ring substituents is 1. The van der Waals surface area contributed by atoms with Crippen molar-refractivity contribution in [3.05, 3.63) is 33.9 Å². The van der Waals surface area contributed by atoms with E-state index in [1.165, 1.54) is 12.1 Å². The van der Waals surface area contributed by atoms with Crippen molar-refractivity contribution in [3.8, 4) is 0 Å². The number of hydrogen-bond acceptors (Lipinski definition) is 4. The fourth-order valence-electron chi connectivity index (χ4n) is 1.87. The van der Waals surface area contributed by atoms with Gasteiger partial charge in [-0.3, -0.25) is 10.1 Å². The summed E-state index contributed by atoms with van der Waals surface area (Å²) in [6.45, 7) is 5.10. The Morgan fingerprint density at radius 3 is 2.56 bits per heavy atom. The van der Waals surface area contributed by atoms with Gasteiger partial charge in [0, 0.05) is 13.1 Å². The lowest BCUT2D eigenvalue weighted by Crippen LogP contribution is -2.25. The number of aromatic carboxylic acids is 1. The van der Waals surface area contributed by atoms with Gasteiger partial charge in [-0.25, -0.2) is 4.79 Å². The maximum atomic E-state index is 11.1. The van der Waals surface area contributed by atoms with Gasteiger partial charge in [-0.2, -0.15) is 0 Å². The van der Waals surface area contributed by atoms with Crippen molar-refractivity contribution in [1.82, 2.24) is 0 Å². The highest BCUT2D eigenvalue weighted by atomic mass is 16.6. The molecule has 0 aromatic heterocycles. The van der Waals surface area contributed by atoms with Crippen LogP contribution in [0.15, 0.2) is 18.2 Å². The van der Waals surface area contributed by atoms with Gasteiger partial charge in [0.2, 0.25) is 0 Å². The minimum absolute atomic E-state index is 0.271. The Morgan fingerprint density at radius 2 is 2.11 bits per heavy atom. The number of rotatable bonds is 6. The standard InChI is InChI=1S/C12H16N2O4/c1-3-8-13(4-2)10-7-5-6-9(12(15)16)11(10)14(17)18/h5-7H,3-4,8H2,1-2H3,(H,15,16). The lowest BCUT2D eigenvalue weighted by atomic mass is 10.1. The third kappa shape index (κ3) is 2.77. The summed E-state index contributed by atoms with van der Waals surface area (Å²) in [6.07, 6.45) is 0.836. The largest absolute Gasteiger partial charge is 0.477 e. The van der Waals surface area contributed by atoms with E-state index in [1.54, 1.807) is 6.07 Å². The molecule has 6 heteroatoms. The molecule has 0 radical (unpaired) electrons. The molecular weight excluding hydrogens is 236 g/mol. The second kappa shape index (κ2) is 6.00. The van der Waals surface area contributed by atoms with Crippen molar-refractivity contribution in [2.45, 2.75) is 20.3 Å². The summed E-state index contributed by atoms with van der Waals surface area (Å²) in [6, 6.07) is 4.37. The number of nitro groups is 1. The van der Waals surface area contributed by atoms with Gasteiger partial charge in [0.05, 0.1) is 4.92 Å². The normalized spacial score (nSPS) is 10.1. The summed E-state index contributed by atoms with van der Waals surface area (Å²) in [5.41, 5.74) is -0.239. The molecule has 0 spiro atoms. The minimum atomic E-state index is -1.28. The monoisotopic (exact) mass is 252 g/mol. The van der Waals surface area contributed by atoms with E-state index in [1.807, 2.05) is 18.7 Å². The van der Waals surface area contributed by atoms with Crippen LogP contribution in [0.3, 0.4) is 0 Å². The molecule has 1 N–H and O–H groups in total. The van der Waals surface area contributed by atoms with Gasteiger partial charge >= 0.3 is 11.7 Å². The number of carboxylic acid groups (broad SMARTS) is 1. The first kappa shape index (κ1) is 14.0. The number of hydrogen-bond donors (Lipinski definition) is 1. The van der Waals surface area contributed by atoms with E-state index in [-0.39, 0.29) is 11.3 Å². The maximum absolute atomic E-state index is 11.1. The molecular formula is C12H16N2O4. The first-order chi connectivity index (χ1) is 8.52. The number of carbonyl (C=O) groups is 1. The first-order valence-electron chi connectivity index (χ1n) is 5.78. The zero-order valence-corrected chi connectivity index (χ0v) is 10.4. The fourth-order valence-corrected chi connectivity index (χ4v) is 1.87. The van der Waals surface area contributed by atoms with Crippen LogP contribution in [0.2, 0.25) is 0 Å². The molecule has 0 unspecified atom stereocenters. The molecule has 98 valence electrons. The predicted molar refractivity (Wildman–Crippen MR) is 68.2 cm³/mol. The predicted octanol–water partition coefficient (Wildman–Crippen LogP) is 2.53. The molecule has 0 heterocycles. The Bertz CT molecular complexity index is 459. The van der Waals surface area contributed by atoms with Crippen molar-refractivity contribution >= 4 is 17.3 Å². The number of para-hydroxylation sites is 1. The summed E-state index contributed by atoms with van der Waals surface area (Å²) < 4.78 is 0. The van der Waals surface area contributed by atoms with Crippen LogP contribution in [0, 0.1) is 10.1 Å². The van der Waals surface area contributed by atoms with Gasteiger partial charge in [-0.15, -0.1) is 0 Å². The minimum Gasteiger partial charge on any atom is -0.477 e. The molecule has 0 saturated heterocycles. The van der Waals surface area contributed by atoms with E-state index in [2.05, 4.69) is 0 Å². The number of anilines is 1. The summed E-state index contributed by atoms with van der Waals surface area (Å²) in [5, 5.41) is 20.1. The van der Waals surface area contributed by atoms with Crippen molar-refractivity contribution in [1.29, 1.82) is 0 Å². The lowest BCUT2D eigenvalue weighted by molar-refractivity contribution is -0.384. The van der Waals surface area contributed by atoms with Crippen LogP contribution in [-0.2, 0) is 0 Å². The molecule has 1 aromatic carbocycles.